The van der Waals surface area contributed by atoms with Crippen LogP contribution in [0.5, 0.6) is 5.75 Å². The molecule has 1 amide bonds. The smallest absolute Gasteiger partial charge is 0.241 e. The van der Waals surface area contributed by atoms with Crippen molar-refractivity contribution in [2.75, 3.05) is 43.9 Å². The fourth-order valence-corrected chi connectivity index (χ4v) is 6.45. The van der Waals surface area contributed by atoms with Crippen LogP contribution in [0.3, 0.4) is 0 Å². The number of carbonyl (C=O) groups is 1. The minimum absolute atomic E-state index is 0.117. The minimum Gasteiger partial charge on any atom is -0.497 e. The Labute approximate surface area is 220 Å². The van der Waals surface area contributed by atoms with Crippen molar-refractivity contribution >= 4 is 34.1 Å². The summed E-state index contributed by atoms with van der Waals surface area (Å²) in [7, 11) is 1.66. The summed E-state index contributed by atoms with van der Waals surface area (Å²) >= 11 is 1.77. The van der Waals surface area contributed by atoms with Crippen molar-refractivity contribution in [2.45, 2.75) is 17.6 Å². The zero-order valence-electron chi connectivity index (χ0n) is 20.6. The monoisotopic (exact) mass is 509 g/mol. The first-order valence-corrected chi connectivity index (χ1v) is 13.4. The zero-order chi connectivity index (χ0) is 25.4. The quantitative estimate of drug-likeness (QED) is 0.381. The van der Waals surface area contributed by atoms with E-state index in [2.05, 4.69) is 26.6 Å². The van der Waals surface area contributed by atoms with Gasteiger partial charge in [0.25, 0.3) is 0 Å². The first-order chi connectivity index (χ1) is 18.1. The molecule has 0 spiro atoms. The number of thioether (sulfide) groups is 1. The first-order valence-electron chi connectivity index (χ1n) is 12.4. The van der Waals surface area contributed by atoms with Gasteiger partial charge in [-0.15, -0.1) is 0 Å². The van der Waals surface area contributed by atoms with E-state index in [9.17, 15) is 4.79 Å². The summed E-state index contributed by atoms with van der Waals surface area (Å²) in [6, 6.07) is 22.3. The van der Waals surface area contributed by atoms with Crippen LogP contribution in [-0.2, 0) is 11.2 Å². The van der Waals surface area contributed by atoms with E-state index in [-0.39, 0.29) is 11.9 Å². The van der Waals surface area contributed by atoms with Gasteiger partial charge in [0, 0.05) is 49.1 Å². The van der Waals surface area contributed by atoms with E-state index < -0.39 is 0 Å². The molecule has 3 aromatic carbocycles. The van der Waals surface area contributed by atoms with Crippen molar-refractivity contribution in [3.63, 3.8) is 0 Å². The number of aromatic nitrogens is 2. The third-order valence-electron chi connectivity index (χ3n) is 7.29. The number of fused-ring (bicyclic) bond motifs is 2. The summed E-state index contributed by atoms with van der Waals surface area (Å²) in [6.45, 7) is 2.68. The third-order valence-corrected chi connectivity index (χ3v) is 8.33. The Kier molecular flexibility index (Phi) is 6.33. The van der Waals surface area contributed by atoms with E-state index in [4.69, 9.17) is 10.00 Å². The molecule has 2 aliphatic rings. The van der Waals surface area contributed by atoms with Crippen LogP contribution >= 0.6 is 11.8 Å². The number of hydrogen-bond acceptors (Lipinski definition) is 6. The molecular formula is C29H27N5O2S. The standard InChI is InChI=1S/C29H27N5O2S/c1-36-24-10-9-21-3-2-4-26(25(21)15-24)33-14-13-32(18-28(33)35)12-11-23-17-31-29-34(23)27(19-37-29)22-7-5-20(16-30)6-8-22/h2-10,15,17,27H,11-14,18-19H2,1H3. The molecule has 0 N–H and O–H groups in total. The highest BCUT2D eigenvalue weighted by Crippen LogP contribution is 2.38. The van der Waals surface area contributed by atoms with Gasteiger partial charge in [-0.3, -0.25) is 9.69 Å². The maximum absolute atomic E-state index is 13.3. The first kappa shape index (κ1) is 23.6. The predicted molar refractivity (Wildman–Crippen MR) is 145 cm³/mol. The molecule has 1 saturated heterocycles. The summed E-state index contributed by atoms with van der Waals surface area (Å²) in [6.07, 6.45) is 2.80. The normalized spacial score (nSPS) is 17.7. The Morgan fingerprint density at radius 2 is 2.00 bits per heavy atom. The van der Waals surface area contributed by atoms with Crippen LogP contribution in [0.15, 0.2) is 72.0 Å². The molecule has 0 saturated carbocycles. The van der Waals surface area contributed by atoms with E-state index in [1.54, 1.807) is 18.9 Å². The number of amides is 1. The molecule has 37 heavy (non-hydrogen) atoms. The van der Waals surface area contributed by atoms with Gasteiger partial charge in [0.15, 0.2) is 5.16 Å². The minimum atomic E-state index is 0.117. The van der Waals surface area contributed by atoms with E-state index in [1.807, 2.05) is 65.7 Å². The Bertz CT molecular complexity index is 1510. The molecule has 0 radical (unpaired) electrons. The van der Waals surface area contributed by atoms with Gasteiger partial charge < -0.3 is 14.2 Å². The van der Waals surface area contributed by atoms with Gasteiger partial charge in [0.05, 0.1) is 37.0 Å². The van der Waals surface area contributed by atoms with Gasteiger partial charge in [-0.2, -0.15) is 5.26 Å². The number of carbonyl (C=O) groups excluding carboxylic acids is 1. The van der Waals surface area contributed by atoms with Crippen molar-refractivity contribution in [3.05, 3.63) is 83.7 Å². The van der Waals surface area contributed by atoms with Crippen molar-refractivity contribution in [1.82, 2.24) is 14.5 Å². The van der Waals surface area contributed by atoms with Crippen LogP contribution in [0, 0.1) is 11.3 Å². The molecule has 1 fully saturated rings. The Hall–Kier alpha value is -3.80. The van der Waals surface area contributed by atoms with Gasteiger partial charge in [-0.05, 0) is 41.3 Å². The third kappa shape index (κ3) is 4.45. The van der Waals surface area contributed by atoms with Crippen LogP contribution in [-0.4, -0.2) is 59.4 Å². The molecule has 0 bridgehead atoms. The van der Waals surface area contributed by atoms with Gasteiger partial charge in [0.1, 0.15) is 5.75 Å². The molecule has 4 aromatic rings. The zero-order valence-corrected chi connectivity index (χ0v) is 21.4. The molecule has 186 valence electrons. The van der Waals surface area contributed by atoms with Crippen molar-refractivity contribution in [2.24, 2.45) is 0 Å². The number of nitrogens with zero attached hydrogens (tertiary/aromatic N) is 5. The number of imidazole rings is 1. The van der Waals surface area contributed by atoms with Gasteiger partial charge >= 0.3 is 0 Å². The lowest BCUT2D eigenvalue weighted by Crippen LogP contribution is -2.51. The Morgan fingerprint density at radius 3 is 2.78 bits per heavy atom. The van der Waals surface area contributed by atoms with Crippen LogP contribution in [0.1, 0.15) is 22.9 Å². The Balaban J connectivity index is 1.14. The number of rotatable bonds is 6. The Morgan fingerprint density at radius 1 is 1.14 bits per heavy atom. The maximum Gasteiger partial charge on any atom is 0.241 e. The average molecular weight is 510 g/mol. The van der Waals surface area contributed by atoms with E-state index in [0.717, 1.165) is 52.6 Å². The van der Waals surface area contributed by atoms with Gasteiger partial charge in [-0.25, -0.2) is 4.98 Å². The number of methoxy groups -OCH3 is 1. The van der Waals surface area contributed by atoms with E-state index >= 15 is 0 Å². The second-order valence-corrected chi connectivity index (χ2v) is 10.4. The second-order valence-electron chi connectivity index (χ2n) is 9.40. The largest absolute Gasteiger partial charge is 0.497 e. The molecule has 1 aromatic heterocycles. The molecule has 7 nitrogen and oxygen atoms in total. The molecule has 0 aliphatic carbocycles. The fraction of sp³-hybridized carbons (Fsp3) is 0.276. The number of ether oxygens (including phenoxy) is 1. The lowest BCUT2D eigenvalue weighted by molar-refractivity contribution is -0.121. The molecule has 8 heteroatoms. The lowest BCUT2D eigenvalue weighted by Gasteiger charge is -2.35. The molecule has 3 heterocycles. The van der Waals surface area contributed by atoms with Gasteiger partial charge in [0.2, 0.25) is 5.91 Å². The molecule has 1 unspecified atom stereocenters. The summed E-state index contributed by atoms with van der Waals surface area (Å²) < 4.78 is 7.75. The van der Waals surface area contributed by atoms with Crippen LogP contribution in [0.2, 0.25) is 0 Å². The number of piperazine rings is 1. The number of anilines is 1. The predicted octanol–water partition coefficient (Wildman–Crippen LogP) is 4.50. The van der Waals surface area contributed by atoms with E-state index in [1.165, 1.54) is 11.3 Å². The summed E-state index contributed by atoms with van der Waals surface area (Å²) in [5, 5.41) is 12.3. The second kappa shape index (κ2) is 9.92. The number of benzene rings is 3. The maximum atomic E-state index is 13.3. The number of hydrogen-bond donors (Lipinski definition) is 0. The van der Waals surface area contributed by atoms with Gasteiger partial charge in [-0.1, -0.05) is 42.1 Å². The molecular weight excluding hydrogens is 482 g/mol. The van der Waals surface area contributed by atoms with Crippen LogP contribution < -0.4 is 9.64 Å². The topological polar surface area (TPSA) is 74.4 Å². The lowest BCUT2D eigenvalue weighted by atomic mass is 10.1. The van der Waals surface area contributed by atoms with E-state index in [0.29, 0.717) is 18.7 Å². The molecule has 1 atom stereocenters. The summed E-state index contributed by atoms with van der Waals surface area (Å²) in [5.41, 5.74) is 3.99. The highest BCUT2D eigenvalue weighted by Gasteiger charge is 2.29. The van der Waals surface area contributed by atoms with Crippen LogP contribution in [0.25, 0.3) is 10.8 Å². The highest BCUT2D eigenvalue weighted by molar-refractivity contribution is 7.99. The van der Waals surface area contributed by atoms with Crippen molar-refractivity contribution < 1.29 is 9.53 Å². The highest BCUT2D eigenvalue weighted by atomic mass is 32.2. The molecule has 6 rings (SSSR count). The average Bonchev–Trinajstić information content (AvgIpc) is 3.54. The summed E-state index contributed by atoms with van der Waals surface area (Å²) in [4.78, 5) is 22.0. The SMILES string of the molecule is COc1ccc2cccc(N3CCN(CCc4cnc5n4C(c4ccc(C#N)cc4)CS5)CC3=O)c2c1. The molecule has 2 aliphatic heterocycles. The van der Waals surface area contributed by atoms with Crippen molar-refractivity contribution in [3.8, 4) is 11.8 Å². The fourth-order valence-electron chi connectivity index (χ4n) is 5.29. The number of nitriles is 1. The van der Waals surface area contributed by atoms with Crippen molar-refractivity contribution in [1.29, 1.82) is 5.26 Å². The van der Waals surface area contributed by atoms with Crippen LogP contribution in [0.4, 0.5) is 5.69 Å². The summed E-state index contributed by atoms with van der Waals surface area (Å²) in [5.74, 6) is 1.85.